The van der Waals surface area contributed by atoms with Gasteiger partial charge in [0.15, 0.2) is 6.29 Å². The van der Waals surface area contributed by atoms with Gasteiger partial charge in [-0.2, -0.15) is 0 Å². The van der Waals surface area contributed by atoms with Gasteiger partial charge in [-0.1, -0.05) is 166 Å². The Morgan fingerprint density at radius 3 is 1.50 bits per heavy atom. The molecular weight excluding hydrogens is 723 g/mol. The Morgan fingerprint density at radius 1 is 0.534 bits per heavy atom. The van der Waals surface area contributed by atoms with Crippen LogP contribution >= 0.6 is 0 Å². The Hall–Kier alpha value is -2.45. The van der Waals surface area contributed by atoms with E-state index in [0.717, 1.165) is 114 Å². The van der Waals surface area contributed by atoms with Gasteiger partial charge in [0.2, 0.25) is 0 Å². The van der Waals surface area contributed by atoms with Crippen LogP contribution in [0.4, 0.5) is 0 Å². The largest absolute Gasteiger partial charge is 0.465 e. The predicted octanol–water partition coefficient (Wildman–Crippen LogP) is 14.0. The van der Waals surface area contributed by atoms with Gasteiger partial charge >= 0.3 is 5.97 Å². The van der Waals surface area contributed by atoms with Crippen molar-refractivity contribution in [2.75, 3.05) is 46.1 Å². The Kier molecular flexibility index (Phi) is 33.5. The Balaban J connectivity index is 1.58. The molecule has 1 atom stereocenters. The first-order valence-corrected chi connectivity index (χ1v) is 24.1. The average Bonchev–Trinajstić information content (AvgIpc) is 3.24. The molecule has 0 radical (unpaired) electrons. The van der Waals surface area contributed by atoms with Crippen molar-refractivity contribution in [2.45, 2.75) is 200 Å². The Bertz CT molecular complexity index is 1150. The van der Waals surface area contributed by atoms with Crippen LogP contribution < -0.4 is 4.74 Å². The van der Waals surface area contributed by atoms with E-state index in [2.05, 4.69) is 18.7 Å². The molecular formula is C51H87NO6. The van der Waals surface area contributed by atoms with Crippen LogP contribution in [0.5, 0.6) is 11.5 Å². The lowest BCUT2D eigenvalue weighted by Crippen LogP contribution is -2.29. The topological polar surface area (TPSA) is 77.5 Å². The summed E-state index contributed by atoms with van der Waals surface area (Å²) in [6.45, 7) is 11.4. The lowest BCUT2D eigenvalue weighted by molar-refractivity contribution is -0.148. The summed E-state index contributed by atoms with van der Waals surface area (Å²) in [5, 5.41) is 9.70. The van der Waals surface area contributed by atoms with Gasteiger partial charge in [-0.05, 0) is 94.8 Å². The molecule has 0 aliphatic heterocycles. The van der Waals surface area contributed by atoms with Crippen LogP contribution in [-0.4, -0.2) is 68.3 Å². The zero-order valence-electron chi connectivity index (χ0n) is 37.6. The summed E-state index contributed by atoms with van der Waals surface area (Å²) in [5.74, 6) is 1.02. The molecule has 0 saturated carbocycles. The Labute approximate surface area is 356 Å². The second-order valence-electron chi connectivity index (χ2n) is 16.5. The summed E-state index contributed by atoms with van der Waals surface area (Å²) in [7, 11) is 0. The van der Waals surface area contributed by atoms with Gasteiger partial charge in [-0.3, -0.25) is 4.79 Å². The van der Waals surface area contributed by atoms with Gasteiger partial charge in [-0.25, -0.2) is 0 Å². The van der Waals surface area contributed by atoms with Crippen LogP contribution in [0, 0.1) is 0 Å². The van der Waals surface area contributed by atoms with E-state index in [4.69, 9.17) is 18.9 Å². The van der Waals surface area contributed by atoms with Crippen molar-refractivity contribution in [2.24, 2.45) is 0 Å². The highest BCUT2D eigenvalue weighted by Gasteiger charge is 2.17. The van der Waals surface area contributed by atoms with Crippen LogP contribution in [-0.2, 0) is 19.0 Å². The molecule has 1 unspecified atom stereocenters. The molecule has 2 rings (SSSR count). The van der Waals surface area contributed by atoms with Crippen LogP contribution in [0.2, 0.25) is 0 Å². The first-order chi connectivity index (χ1) is 28.6. The van der Waals surface area contributed by atoms with Crippen LogP contribution in [0.25, 0.3) is 0 Å². The molecule has 2 aromatic rings. The fourth-order valence-electron chi connectivity index (χ4n) is 7.44. The molecule has 7 heteroatoms. The standard InChI is InChI=1S/C51H87NO6/c1-4-6-8-10-12-14-16-19-29-43-55-50(56-44-30-20-17-15-13-11-9-7-5-2)34-26-23-28-40-52(41-42-53)39-27-18-21-31-45-57-51(54)46(3)47-35-37-49(38-36-47)58-48-32-24-22-25-33-48/h22,24-25,32-33,35-38,46,50,53H,4-21,23,26-31,34,39-45H2,1-3H3. The molecule has 0 bridgehead atoms. The number of nitrogens with zero attached hydrogens (tertiary/aromatic N) is 1. The lowest BCUT2D eigenvalue weighted by Gasteiger charge is -2.22. The number of para-hydroxylation sites is 1. The van der Waals surface area contributed by atoms with E-state index in [1.807, 2.05) is 61.5 Å². The zero-order chi connectivity index (χ0) is 41.6. The summed E-state index contributed by atoms with van der Waals surface area (Å²) in [4.78, 5) is 15.1. The number of hydrogen-bond donors (Lipinski definition) is 1. The molecule has 58 heavy (non-hydrogen) atoms. The molecule has 7 nitrogen and oxygen atoms in total. The molecule has 1 N–H and O–H groups in total. The highest BCUT2D eigenvalue weighted by Crippen LogP contribution is 2.25. The minimum Gasteiger partial charge on any atom is -0.465 e. The normalized spacial score (nSPS) is 12.1. The fourth-order valence-corrected chi connectivity index (χ4v) is 7.44. The van der Waals surface area contributed by atoms with Gasteiger partial charge in [0.05, 0.1) is 19.1 Å². The van der Waals surface area contributed by atoms with Crippen molar-refractivity contribution < 1.29 is 28.8 Å². The van der Waals surface area contributed by atoms with Crippen LogP contribution in [0.1, 0.15) is 199 Å². The number of rotatable bonds is 41. The maximum atomic E-state index is 12.7. The molecule has 0 aromatic heterocycles. The number of aliphatic hydroxyl groups excluding tert-OH is 1. The zero-order valence-corrected chi connectivity index (χ0v) is 37.6. The number of unbranched alkanes of at least 4 members (excludes halogenated alkanes) is 21. The van der Waals surface area contributed by atoms with E-state index in [0.29, 0.717) is 6.61 Å². The molecule has 0 aliphatic rings. The molecule has 2 aromatic carbocycles. The van der Waals surface area contributed by atoms with E-state index in [-0.39, 0.29) is 24.8 Å². The minimum atomic E-state index is -0.321. The summed E-state index contributed by atoms with van der Waals surface area (Å²) in [6, 6.07) is 17.3. The van der Waals surface area contributed by atoms with Gasteiger partial charge in [0.25, 0.3) is 0 Å². The van der Waals surface area contributed by atoms with Crippen LogP contribution in [0.3, 0.4) is 0 Å². The van der Waals surface area contributed by atoms with E-state index < -0.39 is 0 Å². The van der Waals surface area contributed by atoms with Gasteiger partial charge < -0.3 is 29.0 Å². The van der Waals surface area contributed by atoms with Gasteiger partial charge in [0, 0.05) is 19.8 Å². The van der Waals surface area contributed by atoms with Crippen molar-refractivity contribution in [1.29, 1.82) is 0 Å². The Morgan fingerprint density at radius 2 is 0.983 bits per heavy atom. The first-order valence-electron chi connectivity index (χ1n) is 24.1. The van der Waals surface area contributed by atoms with Crippen molar-refractivity contribution >= 4 is 5.97 Å². The number of esters is 1. The van der Waals surface area contributed by atoms with Gasteiger partial charge in [0.1, 0.15) is 11.5 Å². The fraction of sp³-hybridized carbons (Fsp3) is 0.745. The van der Waals surface area contributed by atoms with E-state index >= 15 is 0 Å². The second-order valence-corrected chi connectivity index (χ2v) is 16.5. The third kappa shape index (κ3) is 28.1. The molecule has 0 aliphatic carbocycles. The summed E-state index contributed by atoms with van der Waals surface area (Å²) in [6.07, 6.45) is 32.2. The van der Waals surface area contributed by atoms with Crippen molar-refractivity contribution in [3.8, 4) is 11.5 Å². The summed E-state index contributed by atoms with van der Waals surface area (Å²) < 4.78 is 24.1. The maximum Gasteiger partial charge on any atom is 0.313 e. The number of carbonyl (C=O) groups excluding carboxylic acids is 1. The monoisotopic (exact) mass is 810 g/mol. The molecule has 332 valence electrons. The van der Waals surface area contributed by atoms with Crippen molar-refractivity contribution in [3.63, 3.8) is 0 Å². The summed E-state index contributed by atoms with van der Waals surface area (Å²) in [5.41, 5.74) is 0.921. The SMILES string of the molecule is CCCCCCCCCCCOC(CCCCCN(CCO)CCCCCCOC(=O)C(C)c1ccc(Oc2ccccc2)cc1)OCCCCCCCCCCC. The second kappa shape index (κ2) is 37.5. The first kappa shape index (κ1) is 51.7. The van der Waals surface area contributed by atoms with E-state index in [1.54, 1.807) is 0 Å². The minimum absolute atomic E-state index is 0.0778. The number of carbonyl (C=O) groups is 1. The van der Waals surface area contributed by atoms with Gasteiger partial charge in [-0.15, -0.1) is 0 Å². The number of ether oxygens (including phenoxy) is 4. The third-order valence-corrected chi connectivity index (χ3v) is 11.3. The lowest BCUT2D eigenvalue weighted by atomic mass is 10.0. The van der Waals surface area contributed by atoms with E-state index in [1.165, 1.54) is 103 Å². The number of aliphatic hydroxyl groups is 1. The highest BCUT2D eigenvalue weighted by atomic mass is 16.7. The quantitative estimate of drug-likeness (QED) is 0.0407. The molecule has 0 heterocycles. The third-order valence-electron chi connectivity index (χ3n) is 11.3. The molecule has 0 saturated heterocycles. The average molecular weight is 810 g/mol. The van der Waals surface area contributed by atoms with Crippen LogP contribution in [0.15, 0.2) is 54.6 Å². The predicted molar refractivity (Wildman–Crippen MR) is 243 cm³/mol. The smallest absolute Gasteiger partial charge is 0.313 e. The molecule has 0 fully saturated rings. The van der Waals surface area contributed by atoms with Crippen molar-refractivity contribution in [3.05, 3.63) is 60.2 Å². The number of hydrogen-bond acceptors (Lipinski definition) is 7. The maximum absolute atomic E-state index is 12.7. The van der Waals surface area contributed by atoms with Crippen molar-refractivity contribution in [1.82, 2.24) is 4.90 Å². The molecule has 0 spiro atoms. The summed E-state index contributed by atoms with van der Waals surface area (Å²) >= 11 is 0. The highest BCUT2D eigenvalue weighted by molar-refractivity contribution is 5.77. The van der Waals surface area contributed by atoms with E-state index in [9.17, 15) is 9.90 Å². The molecule has 0 amide bonds. The number of benzene rings is 2.